The third kappa shape index (κ3) is 3.06. The average Bonchev–Trinajstić information content (AvgIpc) is 2.22. The van der Waals surface area contributed by atoms with Gasteiger partial charge < -0.3 is 5.32 Å². The van der Waals surface area contributed by atoms with Crippen LogP contribution in [-0.4, -0.2) is 21.4 Å². The monoisotopic (exact) mass is 225 g/mol. The maximum absolute atomic E-state index is 6.05. The highest BCUT2D eigenvalue weighted by molar-refractivity contribution is 6.20. The molecule has 1 aromatic heterocycles. The number of nitrogens with zero attached hydrogens (tertiary/aromatic N) is 2. The van der Waals surface area contributed by atoms with Crippen LogP contribution in [0.1, 0.15) is 31.4 Å². The molecule has 0 radical (unpaired) electrons. The van der Waals surface area contributed by atoms with Gasteiger partial charge in [0.05, 0.1) is 0 Å². The molecule has 0 aliphatic heterocycles. The molecule has 0 atom stereocenters. The summed E-state index contributed by atoms with van der Waals surface area (Å²) in [5.74, 6) is 0.744. The number of anilines is 1. The molecule has 0 bridgehead atoms. The lowest BCUT2D eigenvalue weighted by Crippen LogP contribution is -2.27. The molecule has 1 aliphatic carbocycles. The van der Waals surface area contributed by atoms with E-state index in [1.807, 2.05) is 13.0 Å². The molecule has 0 amide bonds. The highest BCUT2D eigenvalue weighted by Gasteiger charge is 2.19. The van der Waals surface area contributed by atoms with E-state index < -0.39 is 0 Å². The predicted molar refractivity (Wildman–Crippen MR) is 62.3 cm³/mol. The Balaban J connectivity index is 1.92. The minimum atomic E-state index is 0.362. The van der Waals surface area contributed by atoms with Gasteiger partial charge in [-0.3, -0.25) is 0 Å². The first-order valence-electron chi connectivity index (χ1n) is 5.44. The van der Waals surface area contributed by atoms with Crippen LogP contribution in [0.4, 0.5) is 5.95 Å². The van der Waals surface area contributed by atoms with Crippen molar-refractivity contribution in [3.05, 3.63) is 18.0 Å². The second-order valence-corrected chi connectivity index (χ2v) is 4.73. The van der Waals surface area contributed by atoms with Gasteiger partial charge in [0.1, 0.15) is 0 Å². The van der Waals surface area contributed by atoms with Crippen molar-refractivity contribution in [2.45, 2.75) is 44.0 Å². The van der Waals surface area contributed by atoms with E-state index >= 15 is 0 Å². The van der Waals surface area contributed by atoms with E-state index in [0.717, 1.165) is 37.3 Å². The molecule has 0 unspecified atom stereocenters. The van der Waals surface area contributed by atoms with Crippen LogP contribution >= 0.6 is 11.6 Å². The summed E-state index contributed by atoms with van der Waals surface area (Å²) in [5.41, 5.74) is 0.999. The Hall–Kier alpha value is -0.830. The number of halogens is 1. The van der Waals surface area contributed by atoms with E-state index in [1.54, 1.807) is 6.20 Å². The third-order valence-electron chi connectivity index (χ3n) is 2.78. The van der Waals surface area contributed by atoms with Crippen LogP contribution in [0.25, 0.3) is 0 Å². The molecule has 0 spiro atoms. The van der Waals surface area contributed by atoms with Gasteiger partial charge in [-0.05, 0) is 38.7 Å². The summed E-state index contributed by atoms with van der Waals surface area (Å²) in [5, 5.41) is 3.72. The summed E-state index contributed by atoms with van der Waals surface area (Å²) in [6, 6.07) is 2.39. The molecular weight excluding hydrogens is 210 g/mol. The van der Waals surface area contributed by atoms with Crippen molar-refractivity contribution in [2.75, 3.05) is 5.32 Å². The molecule has 1 aromatic rings. The molecule has 1 aliphatic rings. The van der Waals surface area contributed by atoms with Crippen LogP contribution in [0, 0.1) is 6.92 Å². The fraction of sp³-hybridized carbons (Fsp3) is 0.636. The van der Waals surface area contributed by atoms with Crippen molar-refractivity contribution in [3.63, 3.8) is 0 Å². The number of nitrogens with one attached hydrogen (secondary N) is 1. The van der Waals surface area contributed by atoms with Crippen LogP contribution in [0.2, 0.25) is 0 Å². The van der Waals surface area contributed by atoms with Gasteiger partial charge >= 0.3 is 0 Å². The van der Waals surface area contributed by atoms with Crippen molar-refractivity contribution in [3.8, 4) is 0 Å². The Morgan fingerprint density at radius 2 is 2.07 bits per heavy atom. The summed E-state index contributed by atoms with van der Waals surface area (Å²) in [6.07, 6.45) is 6.20. The molecule has 82 valence electrons. The summed E-state index contributed by atoms with van der Waals surface area (Å²) < 4.78 is 0. The lowest BCUT2D eigenvalue weighted by molar-refractivity contribution is 0.466. The van der Waals surface area contributed by atoms with E-state index in [0.29, 0.717) is 11.4 Å². The van der Waals surface area contributed by atoms with Crippen LogP contribution in [-0.2, 0) is 0 Å². The molecule has 0 saturated heterocycles. The van der Waals surface area contributed by atoms with Crippen molar-refractivity contribution < 1.29 is 0 Å². The molecule has 1 saturated carbocycles. The number of alkyl halides is 1. The van der Waals surface area contributed by atoms with Crippen LogP contribution < -0.4 is 5.32 Å². The van der Waals surface area contributed by atoms with Crippen molar-refractivity contribution in [2.24, 2.45) is 0 Å². The second-order valence-electron chi connectivity index (χ2n) is 4.11. The second kappa shape index (κ2) is 4.79. The zero-order valence-corrected chi connectivity index (χ0v) is 9.67. The third-order valence-corrected chi connectivity index (χ3v) is 3.22. The average molecular weight is 226 g/mol. The van der Waals surface area contributed by atoms with Gasteiger partial charge in [-0.2, -0.15) is 0 Å². The zero-order chi connectivity index (χ0) is 10.7. The van der Waals surface area contributed by atoms with Gasteiger partial charge in [-0.15, -0.1) is 11.6 Å². The Labute approximate surface area is 95.3 Å². The number of aryl methyl sites for hydroxylation is 1. The minimum absolute atomic E-state index is 0.362. The minimum Gasteiger partial charge on any atom is -0.351 e. The number of hydrogen-bond donors (Lipinski definition) is 1. The van der Waals surface area contributed by atoms with Crippen LogP contribution in [0.5, 0.6) is 0 Å². The number of aromatic nitrogens is 2. The molecule has 15 heavy (non-hydrogen) atoms. The van der Waals surface area contributed by atoms with E-state index in [9.17, 15) is 0 Å². The SMILES string of the molecule is Cc1ccnc(NC2CCC(Cl)CC2)n1. The maximum atomic E-state index is 6.05. The van der Waals surface area contributed by atoms with Gasteiger partial charge in [-0.1, -0.05) is 0 Å². The Kier molecular flexibility index (Phi) is 3.41. The first kappa shape index (κ1) is 10.7. The summed E-state index contributed by atoms with van der Waals surface area (Å²) >= 11 is 6.05. The van der Waals surface area contributed by atoms with E-state index in [4.69, 9.17) is 11.6 Å². The highest BCUT2D eigenvalue weighted by Crippen LogP contribution is 2.24. The van der Waals surface area contributed by atoms with Crippen molar-refractivity contribution in [1.82, 2.24) is 9.97 Å². The Morgan fingerprint density at radius 3 is 2.73 bits per heavy atom. The largest absolute Gasteiger partial charge is 0.351 e. The lowest BCUT2D eigenvalue weighted by Gasteiger charge is -2.25. The number of hydrogen-bond acceptors (Lipinski definition) is 3. The quantitative estimate of drug-likeness (QED) is 0.787. The highest BCUT2D eigenvalue weighted by atomic mass is 35.5. The summed E-state index contributed by atoms with van der Waals surface area (Å²) in [7, 11) is 0. The predicted octanol–water partition coefficient (Wildman–Crippen LogP) is 2.75. The molecule has 0 aromatic carbocycles. The van der Waals surface area contributed by atoms with Gasteiger partial charge in [0.2, 0.25) is 5.95 Å². The normalized spacial score (nSPS) is 26.3. The van der Waals surface area contributed by atoms with Crippen LogP contribution in [0.15, 0.2) is 12.3 Å². The first-order valence-corrected chi connectivity index (χ1v) is 5.88. The van der Waals surface area contributed by atoms with Crippen molar-refractivity contribution in [1.29, 1.82) is 0 Å². The van der Waals surface area contributed by atoms with Crippen molar-refractivity contribution >= 4 is 17.5 Å². The molecule has 1 heterocycles. The maximum Gasteiger partial charge on any atom is 0.223 e. The molecule has 1 N–H and O–H groups in total. The lowest BCUT2D eigenvalue weighted by atomic mass is 9.95. The summed E-state index contributed by atoms with van der Waals surface area (Å²) in [4.78, 5) is 8.53. The van der Waals surface area contributed by atoms with Gasteiger partial charge in [0.15, 0.2) is 0 Å². The molecule has 4 heteroatoms. The van der Waals surface area contributed by atoms with E-state index in [2.05, 4.69) is 15.3 Å². The fourth-order valence-electron chi connectivity index (χ4n) is 1.90. The molecule has 1 fully saturated rings. The van der Waals surface area contributed by atoms with E-state index in [1.165, 1.54) is 0 Å². The smallest absolute Gasteiger partial charge is 0.223 e. The van der Waals surface area contributed by atoms with E-state index in [-0.39, 0.29) is 0 Å². The Morgan fingerprint density at radius 1 is 1.33 bits per heavy atom. The topological polar surface area (TPSA) is 37.8 Å². The van der Waals surface area contributed by atoms with Gasteiger partial charge in [0, 0.05) is 23.3 Å². The Bertz CT molecular complexity index is 321. The summed E-state index contributed by atoms with van der Waals surface area (Å²) in [6.45, 7) is 1.97. The zero-order valence-electron chi connectivity index (χ0n) is 8.91. The molecule has 2 rings (SSSR count). The molecular formula is C11H16ClN3. The molecule has 3 nitrogen and oxygen atoms in total. The standard InChI is InChI=1S/C11H16ClN3/c1-8-6-7-13-11(14-8)15-10-4-2-9(12)3-5-10/h6-7,9-10H,2-5H2,1H3,(H,13,14,15). The van der Waals surface area contributed by atoms with Crippen LogP contribution in [0.3, 0.4) is 0 Å². The van der Waals surface area contributed by atoms with Gasteiger partial charge in [0.25, 0.3) is 0 Å². The number of rotatable bonds is 2. The fourth-order valence-corrected chi connectivity index (χ4v) is 2.15. The first-order chi connectivity index (χ1) is 7.24. The van der Waals surface area contributed by atoms with Gasteiger partial charge in [-0.25, -0.2) is 9.97 Å².